The lowest BCUT2D eigenvalue weighted by molar-refractivity contribution is 0.600. The zero-order valence-corrected chi connectivity index (χ0v) is 9.02. The van der Waals surface area contributed by atoms with Crippen LogP contribution < -0.4 is 22.3 Å². The molecule has 15 heavy (non-hydrogen) atoms. The summed E-state index contributed by atoms with van der Waals surface area (Å²) >= 11 is 0. The first-order valence-electron chi connectivity index (χ1n) is 4.58. The maximum Gasteiger partial charge on any atom is 0.346 e. The van der Waals surface area contributed by atoms with Gasteiger partial charge in [0, 0.05) is 26.7 Å². The van der Waals surface area contributed by atoms with Gasteiger partial charge in [-0.3, -0.25) is 9.36 Å². The number of rotatable bonds is 3. The molecule has 1 atom stereocenters. The number of nitrogens with one attached hydrogen (secondary N) is 1. The van der Waals surface area contributed by atoms with Crippen LogP contribution in [0.1, 0.15) is 6.92 Å². The quantitative estimate of drug-likeness (QED) is 0.620. The standard InChI is InChI=1S/C8H15N5O2/c1-5(4-9)10-6-7(14)12(2)8(15)13(3)11-6/h5H,4,9H2,1-3H3,(H,10,11). The minimum Gasteiger partial charge on any atom is -0.360 e. The van der Waals surface area contributed by atoms with Crippen LogP contribution in [0.4, 0.5) is 5.82 Å². The molecule has 0 saturated carbocycles. The minimum absolute atomic E-state index is 0.0669. The molecule has 0 fully saturated rings. The van der Waals surface area contributed by atoms with Crippen LogP contribution in [0, 0.1) is 0 Å². The summed E-state index contributed by atoms with van der Waals surface area (Å²) in [6, 6.07) is -0.0669. The van der Waals surface area contributed by atoms with Crippen molar-refractivity contribution in [3.63, 3.8) is 0 Å². The van der Waals surface area contributed by atoms with E-state index in [1.807, 2.05) is 6.92 Å². The van der Waals surface area contributed by atoms with E-state index < -0.39 is 11.2 Å². The molecule has 0 amide bonds. The topological polar surface area (TPSA) is 94.9 Å². The van der Waals surface area contributed by atoms with Gasteiger partial charge in [0.15, 0.2) is 0 Å². The van der Waals surface area contributed by atoms with Gasteiger partial charge >= 0.3 is 5.69 Å². The number of anilines is 1. The van der Waals surface area contributed by atoms with Crippen LogP contribution in [-0.4, -0.2) is 26.9 Å². The van der Waals surface area contributed by atoms with Gasteiger partial charge in [-0.25, -0.2) is 9.48 Å². The van der Waals surface area contributed by atoms with Gasteiger partial charge < -0.3 is 11.1 Å². The maximum absolute atomic E-state index is 11.6. The van der Waals surface area contributed by atoms with Gasteiger partial charge in [-0.2, -0.15) is 0 Å². The van der Waals surface area contributed by atoms with Crippen molar-refractivity contribution in [2.24, 2.45) is 19.8 Å². The smallest absolute Gasteiger partial charge is 0.346 e. The molecule has 0 aliphatic carbocycles. The molecule has 0 aliphatic rings. The Balaban J connectivity index is 3.21. The van der Waals surface area contributed by atoms with Gasteiger partial charge in [0.25, 0.3) is 5.56 Å². The summed E-state index contributed by atoms with van der Waals surface area (Å²) in [6.45, 7) is 2.21. The van der Waals surface area contributed by atoms with Gasteiger partial charge in [0.05, 0.1) is 0 Å². The van der Waals surface area contributed by atoms with Crippen LogP contribution in [-0.2, 0) is 14.1 Å². The summed E-state index contributed by atoms with van der Waals surface area (Å²) in [5.41, 5.74) is 4.51. The number of nitrogens with zero attached hydrogens (tertiary/aromatic N) is 3. The van der Waals surface area contributed by atoms with Crippen molar-refractivity contribution in [2.75, 3.05) is 11.9 Å². The van der Waals surface area contributed by atoms with Crippen LogP contribution in [0.3, 0.4) is 0 Å². The third-order valence-corrected chi connectivity index (χ3v) is 2.06. The molecule has 3 N–H and O–H groups in total. The number of hydrogen-bond donors (Lipinski definition) is 2. The number of aromatic nitrogens is 3. The number of aryl methyl sites for hydroxylation is 1. The summed E-state index contributed by atoms with van der Waals surface area (Å²) < 4.78 is 2.10. The zero-order chi connectivity index (χ0) is 11.6. The molecule has 0 aliphatic heterocycles. The Kier molecular flexibility index (Phi) is 3.25. The third kappa shape index (κ3) is 2.24. The van der Waals surface area contributed by atoms with Gasteiger partial charge in [-0.15, -0.1) is 5.10 Å². The lowest BCUT2D eigenvalue weighted by Crippen LogP contribution is -2.41. The summed E-state index contributed by atoms with van der Waals surface area (Å²) in [5.74, 6) is 0.137. The lowest BCUT2D eigenvalue weighted by Gasteiger charge is -2.12. The van der Waals surface area contributed by atoms with Crippen molar-refractivity contribution in [1.29, 1.82) is 0 Å². The monoisotopic (exact) mass is 213 g/mol. The Morgan fingerprint density at radius 1 is 1.47 bits per heavy atom. The van der Waals surface area contributed by atoms with Crippen molar-refractivity contribution < 1.29 is 0 Å². The van der Waals surface area contributed by atoms with E-state index in [2.05, 4.69) is 10.4 Å². The third-order valence-electron chi connectivity index (χ3n) is 2.06. The first kappa shape index (κ1) is 11.4. The molecule has 7 nitrogen and oxygen atoms in total. The van der Waals surface area contributed by atoms with Crippen molar-refractivity contribution >= 4 is 5.82 Å². The highest BCUT2D eigenvalue weighted by Crippen LogP contribution is 1.92. The van der Waals surface area contributed by atoms with E-state index in [4.69, 9.17) is 5.73 Å². The molecule has 0 bridgehead atoms. The molecular formula is C8H15N5O2. The molecular weight excluding hydrogens is 198 g/mol. The van der Waals surface area contributed by atoms with E-state index in [0.29, 0.717) is 6.54 Å². The van der Waals surface area contributed by atoms with Crippen LogP contribution >= 0.6 is 0 Å². The maximum atomic E-state index is 11.6. The van der Waals surface area contributed by atoms with E-state index in [1.165, 1.54) is 14.1 Å². The highest BCUT2D eigenvalue weighted by Gasteiger charge is 2.09. The van der Waals surface area contributed by atoms with Gasteiger partial charge in [-0.05, 0) is 6.92 Å². The van der Waals surface area contributed by atoms with Crippen molar-refractivity contribution in [3.05, 3.63) is 20.8 Å². The Morgan fingerprint density at radius 3 is 2.60 bits per heavy atom. The second-order valence-corrected chi connectivity index (χ2v) is 3.40. The average molecular weight is 213 g/mol. The molecule has 0 saturated heterocycles. The summed E-state index contributed by atoms with van der Waals surface area (Å²) in [4.78, 5) is 22.9. The van der Waals surface area contributed by atoms with Crippen LogP contribution in [0.15, 0.2) is 9.59 Å². The van der Waals surface area contributed by atoms with Crippen molar-refractivity contribution in [3.8, 4) is 0 Å². The Labute approximate surface area is 86.5 Å². The molecule has 1 aromatic rings. The highest BCUT2D eigenvalue weighted by molar-refractivity contribution is 5.30. The Morgan fingerprint density at radius 2 is 2.07 bits per heavy atom. The molecule has 1 aromatic heterocycles. The SMILES string of the molecule is CC(CN)Nc1nn(C)c(=O)n(C)c1=O. The first-order chi connectivity index (χ1) is 6.97. The normalized spacial score (nSPS) is 12.5. The molecule has 0 radical (unpaired) electrons. The van der Waals surface area contributed by atoms with Gasteiger partial charge in [0.2, 0.25) is 5.82 Å². The summed E-state index contributed by atoms with van der Waals surface area (Å²) in [7, 11) is 2.89. The molecule has 1 heterocycles. The number of hydrogen-bond acceptors (Lipinski definition) is 5. The van der Waals surface area contributed by atoms with Crippen molar-refractivity contribution in [1.82, 2.24) is 14.3 Å². The van der Waals surface area contributed by atoms with E-state index in [1.54, 1.807) is 0 Å². The lowest BCUT2D eigenvalue weighted by atomic mass is 10.3. The second kappa shape index (κ2) is 4.26. The minimum atomic E-state index is -0.453. The van der Waals surface area contributed by atoms with Crippen LogP contribution in [0.5, 0.6) is 0 Å². The highest BCUT2D eigenvalue weighted by atomic mass is 16.2. The van der Waals surface area contributed by atoms with E-state index >= 15 is 0 Å². The largest absolute Gasteiger partial charge is 0.360 e. The molecule has 7 heteroatoms. The first-order valence-corrected chi connectivity index (χ1v) is 4.58. The molecule has 84 valence electrons. The Bertz CT molecular complexity index is 461. The van der Waals surface area contributed by atoms with E-state index in [0.717, 1.165) is 9.25 Å². The summed E-state index contributed by atoms with van der Waals surface area (Å²) in [5, 5.41) is 6.66. The summed E-state index contributed by atoms with van der Waals surface area (Å²) in [6.07, 6.45) is 0. The average Bonchev–Trinajstić information content (AvgIpc) is 2.22. The van der Waals surface area contributed by atoms with E-state index in [-0.39, 0.29) is 11.9 Å². The molecule has 1 rings (SSSR count). The van der Waals surface area contributed by atoms with Gasteiger partial charge in [-0.1, -0.05) is 0 Å². The molecule has 1 unspecified atom stereocenters. The second-order valence-electron chi connectivity index (χ2n) is 3.40. The Hall–Kier alpha value is -1.63. The van der Waals surface area contributed by atoms with Crippen LogP contribution in [0.2, 0.25) is 0 Å². The zero-order valence-electron chi connectivity index (χ0n) is 9.02. The number of nitrogens with two attached hydrogens (primary N) is 1. The predicted molar refractivity (Wildman–Crippen MR) is 56.9 cm³/mol. The van der Waals surface area contributed by atoms with Gasteiger partial charge in [0.1, 0.15) is 0 Å². The van der Waals surface area contributed by atoms with Crippen molar-refractivity contribution in [2.45, 2.75) is 13.0 Å². The predicted octanol–water partition coefficient (Wildman–Crippen LogP) is -1.76. The molecule has 0 spiro atoms. The molecule has 0 aromatic carbocycles. The fraction of sp³-hybridized carbons (Fsp3) is 0.625. The van der Waals surface area contributed by atoms with Crippen LogP contribution in [0.25, 0.3) is 0 Å². The fourth-order valence-electron chi connectivity index (χ4n) is 1.08. The van der Waals surface area contributed by atoms with E-state index in [9.17, 15) is 9.59 Å². The fourth-order valence-corrected chi connectivity index (χ4v) is 1.08.